The van der Waals surface area contributed by atoms with Crippen LogP contribution in [0.4, 0.5) is 23.2 Å². The molecule has 2 N–H and O–H groups in total. The third-order valence-corrected chi connectivity index (χ3v) is 4.90. The highest BCUT2D eigenvalue weighted by molar-refractivity contribution is 6.02. The quantitative estimate of drug-likeness (QED) is 0.609. The van der Waals surface area contributed by atoms with Crippen LogP contribution < -0.4 is 10.6 Å². The van der Waals surface area contributed by atoms with E-state index in [0.717, 1.165) is 23.8 Å². The molecule has 1 aliphatic heterocycles. The van der Waals surface area contributed by atoms with Crippen LogP contribution in [0.1, 0.15) is 38.8 Å². The van der Waals surface area contributed by atoms with Gasteiger partial charge in [-0.05, 0) is 47.5 Å². The number of fused-ring (bicyclic) bond motifs is 1. The van der Waals surface area contributed by atoms with Crippen molar-refractivity contribution in [1.82, 2.24) is 10.3 Å². The van der Waals surface area contributed by atoms with Gasteiger partial charge in [0.2, 0.25) is 5.91 Å². The summed E-state index contributed by atoms with van der Waals surface area (Å²) < 4.78 is 53.1. The van der Waals surface area contributed by atoms with Gasteiger partial charge in [0.05, 0.1) is 18.0 Å². The third-order valence-electron chi connectivity index (χ3n) is 4.90. The van der Waals surface area contributed by atoms with Gasteiger partial charge in [-0.2, -0.15) is 13.2 Å². The van der Waals surface area contributed by atoms with E-state index in [-0.39, 0.29) is 29.1 Å². The maximum absolute atomic E-state index is 14.4. The van der Waals surface area contributed by atoms with Crippen molar-refractivity contribution in [2.24, 2.45) is 0 Å². The lowest BCUT2D eigenvalue weighted by atomic mass is 10.00. The molecule has 4 rings (SSSR count). The van der Waals surface area contributed by atoms with E-state index in [4.69, 9.17) is 0 Å². The first-order valence-electron chi connectivity index (χ1n) is 9.23. The Bertz CT molecular complexity index is 1160. The Morgan fingerprint density at radius 2 is 1.84 bits per heavy atom. The van der Waals surface area contributed by atoms with E-state index in [9.17, 15) is 27.2 Å². The molecule has 9 heteroatoms. The van der Waals surface area contributed by atoms with E-state index in [1.165, 1.54) is 36.5 Å². The van der Waals surface area contributed by atoms with Crippen LogP contribution in [0.15, 0.2) is 60.8 Å². The Labute approximate surface area is 174 Å². The van der Waals surface area contributed by atoms with Gasteiger partial charge in [-0.1, -0.05) is 18.2 Å². The Morgan fingerprint density at radius 1 is 1.10 bits per heavy atom. The fraction of sp³-hybridized carbons (Fsp3) is 0.136. The van der Waals surface area contributed by atoms with Gasteiger partial charge in [0.1, 0.15) is 11.5 Å². The molecule has 2 aromatic carbocycles. The number of carbonyl (C=O) groups excluding carboxylic acids is 2. The van der Waals surface area contributed by atoms with Crippen molar-refractivity contribution < 1.29 is 27.2 Å². The van der Waals surface area contributed by atoms with Crippen molar-refractivity contribution in [3.8, 4) is 0 Å². The number of benzene rings is 2. The van der Waals surface area contributed by atoms with Crippen molar-refractivity contribution in [3.63, 3.8) is 0 Å². The number of aromatic nitrogens is 1. The maximum atomic E-state index is 14.4. The van der Waals surface area contributed by atoms with E-state index < -0.39 is 29.5 Å². The van der Waals surface area contributed by atoms with Gasteiger partial charge in [-0.15, -0.1) is 0 Å². The molecule has 31 heavy (non-hydrogen) atoms. The van der Waals surface area contributed by atoms with Crippen molar-refractivity contribution >= 4 is 17.5 Å². The van der Waals surface area contributed by atoms with Gasteiger partial charge in [-0.3, -0.25) is 14.6 Å². The first-order chi connectivity index (χ1) is 14.7. The minimum absolute atomic E-state index is 0.134. The monoisotopic (exact) mass is 429 g/mol. The maximum Gasteiger partial charge on any atom is 0.416 e. The number of halogens is 4. The second-order valence-corrected chi connectivity index (χ2v) is 6.99. The Hall–Kier alpha value is -3.75. The predicted molar refractivity (Wildman–Crippen MR) is 104 cm³/mol. The number of rotatable bonds is 4. The Balaban J connectivity index is 1.67. The van der Waals surface area contributed by atoms with Crippen LogP contribution in [0.5, 0.6) is 0 Å². The molecule has 0 spiro atoms. The number of amides is 2. The second-order valence-electron chi connectivity index (χ2n) is 6.99. The van der Waals surface area contributed by atoms with Crippen LogP contribution in [0.3, 0.4) is 0 Å². The summed E-state index contributed by atoms with van der Waals surface area (Å²) in [6.07, 6.45) is -2.99. The first kappa shape index (κ1) is 20.5. The lowest BCUT2D eigenvalue weighted by Gasteiger charge is -2.20. The predicted octanol–water partition coefficient (Wildman–Crippen LogP) is 4.25. The van der Waals surface area contributed by atoms with Gasteiger partial charge in [0.15, 0.2) is 0 Å². The number of pyridine rings is 1. The zero-order chi connectivity index (χ0) is 22.2. The summed E-state index contributed by atoms with van der Waals surface area (Å²) in [5.74, 6) is -1.50. The topological polar surface area (TPSA) is 71.1 Å². The van der Waals surface area contributed by atoms with Crippen molar-refractivity contribution in [1.29, 1.82) is 0 Å². The first-order valence-corrected chi connectivity index (χ1v) is 9.23. The Kier molecular flexibility index (Phi) is 5.18. The summed E-state index contributed by atoms with van der Waals surface area (Å²) in [4.78, 5) is 28.4. The molecule has 0 bridgehead atoms. The van der Waals surface area contributed by atoms with E-state index in [2.05, 4.69) is 15.6 Å². The van der Waals surface area contributed by atoms with Crippen molar-refractivity contribution in [2.75, 3.05) is 5.32 Å². The fourth-order valence-corrected chi connectivity index (χ4v) is 3.35. The smallest absolute Gasteiger partial charge is 0.339 e. The van der Waals surface area contributed by atoms with Gasteiger partial charge in [0.25, 0.3) is 5.91 Å². The summed E-state index contributed by atoms with van der Waals surface area (Å²) in [6.45, 7) is 0. The zero-order valence-electron chi connectivity index (χ0n) is 15.8. The average molecular weight is 429 g/mol. The molecule has 1 aromatic heterocycles. The molecule has 0 aliphatic carbocycles. The molecule has 0 saturated heterocycles. The fourth-order valence-electron chi connectivity index (χ4n) is 3.35. The van der Waals surface area contributed by atoms with E-state index in [1.807, 2.05) is 0 Å². The summed E-state index contributed by atoms with van der Waals surface area (Å²) in [6, 6.07) is 10.1. The molecule has 0 saturated carbocycles. The zero-order valence-corrected chi connectivity index (χ0v) is 15.8. The molecule has 0 fully saturated rings. The van der Waals surface area contributed by atoms with Crippen LogP contribution in [0.2, 0.25) is 0 Å². The molecule has 1 atom stereocenters. The van der Waals surface area contributed by atoms with Crippen LogP contribution in [0, 0.1) is 5.82 Å². The normalized spacial score (nSPS) is 14.0. The highest BCUT2D eigenvalue weighted by Crippen LogP contribution is 2.31. The number of carbonyl (C=O) groups is 2. The molecular formula is C22H15F4N3O2. The SMILES string of the molecule is O=C1Cc2ccc(C(=O)N[C@@H](c3ccc(C(F)(F)F)cc3)c3ncccc3F)cc2N1. The second kappa shape index (κ2) is 7.82. The number of nitrogens with one attached hydrogen (secondary N) is 2. The highest BCUT2D eigenvalue weighted by atomic mass is 19.4. The van der Waals surface area contributed by atoms with E-state index in [1.54, 1.807) is 6.07 Å². The van der Waals surface area contributed by atoms with Crippen LogP contribution in [-0.2, 0) is 17.4 Å². The number of nitrogens with zero attached hydrogens (tertiary/aromatic N) is 1. The minimum Gasteiger partial charge on any atom is -0.339 e. The highest BCUT2D eigenvalue weighted by Gasteiger charge is 2.31. The molecule has 158 valence electrons. The summed E-state index contributed by atoms with van der Waals surface area (Å²) in [5, 5.41) is 5.27. The van der Waals surface area contributed by atoms with Crippen LogP contribution in [0.25, 0.3) is 0 Å². The molecule has 2 amide bonds. The summed E-state index contributed by atoms with van der Waals surface area (Å²) >= 11 is 0. The molecule has 0 unspecified atom stereocenters. The molecular weight excluding hydrogens is 414 g/mol. The largest absolute Gasteiger partial charge is 0.416 e. The molecule has 0 radical (unpaired) electrons. The lowest BCUT2D eigenvalue weighted by Crippen LogP contribution is -2.30. The van der Waals surface area contributed by atoms with Crippen molar-refractivity contribution in [3.05, 3.63) is 94.6 Å². The molecule has 2 heterocycles. The number of anilines is 1. The number of hydrogen-bond acceptors (Lipinski definition) is 3. The number of alkyl halides is 3. The number of hydrogen-bond donors (Lipinski definition) is 2. The van der Waals surface area contributed by atoms with Gasteiger partial charge < -0.3 is 10.6 Å². The molecule has 5 nitrogen and oxygen atoms in total. The van der Waals surface area contributed by atoms with Crippen LogP contribution in [-0.4, -0.2) is 16.8 Å². The van der Waals surface area contributed by atoms with E-state index in [0.29, 0.717) is 5.69 Å². The van der Waals surface area contributed by atoms with Gasteiger partial charge in [0, 0.05) is 17.4 Å². The molecule has 1 aliphatic rings. The average Bonchev–Trinajstić information content (AvgIpc) is 3.11. The van der Waals surface area contributed by atoms with Crippen LogP contribution >= 0.6 is 0 Å². The minimum atomic E-state index is -4.53. The van der Waals surface area contributed by atoms with Gasteiger partial charge >= 0.3 is 6.18 Å². The van der Waals surface area contributed by atoms with Crippen molar-refractivity contribution in [2.45, 2.75) is 18.6 Å². The summed E-state index contributed by atoms with van der Waals surface area (Å²) in [5.41, 5.74) is 0.689. The van der Waals surface area contributed by atoms with E-state index >= 15 is 0 Å². The molecule has 3 aromatic rings. The lowest BCUT2D eigenvalue weighted by molar-refractivity contribution is -0.137. The van der Waals surface area contributed by atoms with Gasteiger partial charge in [-0.25, -0.2) is 4.39 Å². The Morgan fingerprint density at radius 3 is 2.52 bits per heavy atom. The summed E-state index contributed by atoms with van der Waals surface area (Å²) in [7, 11) is 0. The standard InChI is InChI=1S/C22H15F4N3O2/c23-16-2-1-9-27-20(16)19(12-5-7-15(8-6-12)22(24,25)26)29-21(31)14-4-3-13-11-18(30)28-17(13)10-14/h1-10,19H,11H2,(H,28,30)(H,29,31)/t19-/m0/s1. The third kappa shape index (κ3) is 4.25.